The predicted octanol–water partition coefficient (Wildman–Crippen LogP) is 4.87. The highest BCUT2D eigenvalue weighted by molar-refractivity contribution is 7.92. The zero-order valence-electron chi connectivity index (χ0n) is 17.7. The summed E-state index contributed by atoms with van der Waals surface area (Å²) in [6.45, 7) is 2.87. The van der Waals surface area contributed by atoms with Crippen LogP contribution >= 0.6 is 0 Å². The van der Waals surface area contributed by atoms with Crippen molar-refractivity contribution >= 4 is 33.1 Å². The maximum absolute atomic E-state index is 13.2. The van der Waals surface area contributed by atoms with Crippen LogP contribution in [-0.4, -0.2) is 27.6 Å². The van der Waals surface area contributed by atoms with Crippen LogP contribution in [0.2, 0.25) is 0 Å². The first kappa shape index (κ1) is 21.7. The van der Waals surface area contributed by atoms with Gasteiger partial charge in [0.15, 0.2) is 0 Å². The van der Waals surface area contributed by atoms with Crippen molar-refractivity contribution < 1.29 is 17.9 Å². The smallest absolute Gasteiger partial charge is 0.323 e. The second-order valence-corrected chi connectivity index (χ2v) is 9.24. The van der Waals surface area contributed by atoms with Crippen LogP contribution in [0.15, 0.2) is 77.7 Å². The molecule has 0 aromatic heterocycles. The quantitative estimate of drug-likeness (QED) is 0.560. The molecule has 4 rings (SSSR count). The van der Waals surface area contributed by atoms with E-state index in [1.165, 1.54) is 4.31 Å². The molecule has 1 aliphatic heterocycles. The van der Waals surface area contributed by atoms with E-state index < -0.39 is 16.1 Å². The number of urea groups is 1. The monoisotopic (exact) mass is 451 g/mol. The molecule has 8 heteroatoms. The maximum atomic E-state index is 13.2. The summed E-state index contributed by atoms with van der Waals surface area (Å²) in [5, 5.41) is 5.56. The highest BCUT2D eigenvalue weighted by Crippen LogP contribution is 2.34. The summed E-state index contributed by atoms with van der Waals surface area (Å²) >= 11 is 0. The zero-order chi connectivity index (χ0) is 22.6. The fourth-order valence-electron chi connectivity index (χ4n) is 3.68. The van der Waals surface area contributed by atoms with Crippen LogP contribution in [0.5, 0.6) is 5.75 Å². The van der Waals surface area contributed by atoms with Gasteiger partial charge in [0.2, 0.25) is 0 Å². The van der Waals surface area contributed by atoms with Gasteiger partial charge in [-0.25, -0.2) is 13.2 Å². The number of sulfonamides is 1. The van der Waals surface area contributed by atoms with E-state index in [0.29, 0.717) is 30.2 Å². The van der Waals surface area contributed by atoms with Gasteiger partial charge in [0.25, 0.3) is 10.0 Å². The highest BCUT2D eigenvalue weighted by atomic mass is 32.2. The topological polar surface area (TPSA) is 87.7 Å². The van der Waals surface area contributed by atoms with Crippen LogP contribution in [0, 0.1) is 0 Å². The lowest BCUT2D eigenvalue weighted by molar-refractivity contribution is 0.262. The molecule has 0 fully saturated rings. The first-order valence-electron chi connectivity index (χ1n) is 10.5. The fraction of sp³-hybridized carbons (Fsp3) is 0.208. The summed E-state index contributed by atoms with van der Waals surface area (Å²) in [7, 11) is -3.68. The van der Waals surface area contributed by atoms with Gasteiger partial charge in [0.1, 0.15) is 5.75 Å². The molecular formula is C24H25N3O4S. The third-order valence-electron chi connectivity index (χ3n) is 5.17. The number of rotatable bonds is 6. The van der Waals surface area contributed by atoms with E-state index in [1.807, 2.05) is 13.0 Å². The number of anilines is 3. The lowest BCUT2D eigenvalue weighted by atomic mass is 10.0. The number of carbonyl (C=O) groups excluding carboxylic acids is 1. The van der Waals surface area contributed by atoms with Crippen molar-refractivity contribution in [2.24, 2.45) is 0 Å². The van der Waals surface area contributed by atoms with Crippen LogP contribution in [0.3, 0.4) is 0 Å². The molecule has 0 bridgehead atoms. The first-order chi connectivity index (χ1) is 15.5. The molecule has 3 aromatic carbocycles. The van der Waals surface area contributed by atoms with E-state index in [4.69, 9.17) is 4.74 Å². The van der Waals surface area contributed by atoms with Gasteiger partial charge >= 0.3 is 6.03 Å². The van der Waals surface area contributed by atoms with Crippen LogP contribution in [0.25, 0.3) is 0 Å². The number of ether oxygens (including phenoxy) is 1. The molecule has 3 aromatic rings. The molecule has 2 amide bonds. The molecule has 0 unspecified atom stereocenters. The molecule has 0 aliphatic carbocycles. The van der Waals surface area contributed by atoms with E-state index in [2.05, 4.69) is 10.6 Å². The summed E-state index contributed by atoms with van der Waals surface area (Å²) in [4.78, 5) is 12.7. The van der Waals surface area contributed by atoms with Crippen molar-refractivity contribution in [3.63, 3.8) is 0 Å². The van der Waals surface area contributed by atoms with Gasteiger partial charge in [-0.05, 0) is 73.9 Å². The standard InChI is InChI=1S/C24H25N3O4S/c1-2-31-21-14-12-19(13-15-21)25-24(28)26-20-11-10-18-7-6-16-27(23(18)17-20)32(29,30)22-8-4-3-5-9-22/h3-5,8-15,17H,2,6-7,16H2,1H3,(H2,25,26,28). The number of amides is 2. The molecule has 0 atom stereocenters. The van der Waals surface area contributed by atoms with Gasteiger partial charge in [-0.2, -0.15) is 0 Å². The average Bonchev–Trinajstić information content (AvgIpc) is 2.80. The van der Waals surface area contributed by atoms with E-state index in [-0.39, 0.29) is 4.90 Å². The minimum atomic E-state index is -3.68. The number of aryl methyl sites for hydroxylation is 1. The van der Waals surface area contributed by atoms with Crippen LogP contribution in [0.4, 0.5) is 21.9 Å². The van der Waals surface area contributed by atoms with E-state index in [1.54, 1.807) is 66.7 Å². The number of fused-ring (bicyclic) bond motifs is 1. The average molecular weight is 452 g/mol. The second-order valence-electron chi connectivity index (χ2n) is 7.37. The molecule has 32 heavy (non-hydrogen) atoms. The van der Waals surface area contributed by atoms with Gasteiger partial charge in [-0.3, -0.25) is 4.31 Å². The van der Waals surface area contributed by atoms with Crippen LogP contribution in [-0.2, 0) is 16.4 Å². The Morgan fingerprint density at radius 1 is 0.969 bits per heavy atom. The van der Waals surface area contributed by atoms with Gasteiger partial charge < -0.3 is 15.4 Å². The number of hydrogen-bond acceptors (Lipinski definition) is 4. The minimum absolute atomic E-state index is 0.249. The van der Waals surface area contributed by atoms with Gasteiger partial charge in [0, 0.05) is 17.9 Å². The zero-order valence-corrected chi connectivity index (χ0v) is 18.6. The molecule has 1 aliphatic rings. The number of nitrogens with zero attached hydrogens (tertiary/aromatic N) is 1. The third kappa shape index (κ3) is 4.70. The van der Waals surface area contributed by atoms with Crippen molar-refractivity contribution in [2.45, 2.75) is 24.7 Å². The molecule has 7 nitrogen and oxygen atoms in total. The molecule has 1 heterocycles. The predicted molar refractivity (Wildman–Crippen MR) is 126 cm³/mol. The molecular weight excluding hydrogens is 426 g/mol. The van der Waals surface area contributed by atoms with Crippen molar-refractivity contribution in [3.05, 3.63) is 78.4 Å². The highest BCUT2D eigenvalue weighted by Gasteiger charge is 2.29. The number of nitrogens with one attached hydrogen (secondary N) is 2. The second kappa shape index (κ2) is 9.32. The summed E-state index contributed by atoms with van der Waals surface area (Å²) in [6.07, 6.45) is 1.53. The van der Waals surface area contributed by atoms with E-state index in [0.717, 1.165) is 24.2 Å². The molecule has 166 valence electrons. The van der Waals surface area contributed by atoms with Crippen LogP contribution < -0.4 is 19.7 Å². The lowest BCUT2D eigenvalue weighted by Gasteiger charge is -2.31. The Balaban J connectivity index is 1.52. The van der Waals surface area contributed by atoms with Gasteiger partial charge in [-0.15, -0.1) is 0 Å². The summed E-state index contributed by atoms with van der Waals surface area (Å²) in [5.74, 6) is 0.730. The Morgan fingerprint density at radius 2 is 1.66 bits per heavy atom. The van der Waals surface area contributed by atoms with Crippen molar-refractivity contribution in [3.8, 4) is 5.75 Å². The molecule has 0 radical (unpaired) electrons. The van der Waals surface area contributed by atoms with E-state index >= 15 is 0 Å². The molecule has 0 saturated carbocycles. The van der Waals surface area contributed by atoms with Crippen molar-refractivity contribution in [1.82, 2.24) is 0 Å². The van der Waals surface area contributed by atoms with E-state index in [9.17, 15) is 13.2 Å². The first-order valence-corrected chi connectivity index (χ1v) is 11.9. The normalized spacial score (nSPS) is 13.2. The largest absolute Gasteiger partial charge is 0.494 e. The summed E-state index contributed by atoms with van der Waals surface area (Å²) < 4.78 is 33.3. The number of hydrogen-bond donors (Lipinski definition) is 2. The summed E-state index contributed by atoms with van der Waals surface area (Å²) in [5.41, 5.74) is 2.67. The Hall–Kier alpha value is -3.52. The lowest BCUT2D eigenvalue weighted by Crippen LogP contribution is -2.35. The number of carbonyl (C=O) groups is 1. The molecule has 0 saturated heterocycles. The summed E-state index contributed by atoms with van der Waals surface area (Å²) in [6, 6.07) is 20.4. The van der Waals surface area contributed by atoms with Gasteiger partial charge in [0.05, 0.1) is 17.2 Å². The SMILES string of the molecule is CCOc1ccc(NC(=O)Nc2ccc3c(c2)N(S(=O)(=O)c2ccccc2)CCC3)cc1. The molecule has 0 spiro atoms. The Labute approximate surface area is 188 Å². The minimum Gasteiger partial charge on any atom is -0.494 e. The third-order valence-corrected chi connectivity index (χ3v) is 7.00. The number of benzene rings is 3. The van der Waals surface area contributed by atoms with Crippen molar-refractivity contribution in [2.75, 3.05) is 28.1 Å². The maximum Gasteiger partial charge on any atom is 0.323 e. The fourth-order valence-corrected chi connectivity index (χ4v) is 5.24. The Kier molecular flexibility index (Phi) is 6.32. The van der Waals surface area contributed by atoms with Crippen LogP contribution in [0.1, 0.15) is 18.9 Å². The Bertz CT molecular complexity index is 1200. The molecule has 2 N–H and O–H groups in total. The Morgan fingerprint density at radius 3 is 2.38 bits per heavy atom. The van der Waals surface area contributed by atoms with Crippen molar-refractivity contribution in [1.29, 1.82) is 0 Å². The van der Waals surface area contributed by atoms with Gasteiger partial charge in [-0.1, -0.05) is 24.3 Å².